The van der Waals surface area contributed by atoms with Crippen molar-refractivity contribution < 1.29 is 4.74 Å². The first-order valence-corrected chi connectivity index (χ1v) is 6.14. The standard InChI is InChI=1S/C13H15ClN4O/c1-18(2)13-16-6-5-12(17-13)19-10-4-3-9(8-15)11(14)7-10/h3-7H,8,15H2,1-2H3. The van der Waals surface area contributed by atoms with Crippen LogP contribution in [0.2, 0.25) is 5.02 Å². The number of halogens is 1. The lowest BCUT2D eigenvalue weighted by atomic mass is 10.2. The van der Waals surface area contributed by atoms with Gasteiger partial charge in [0.15, 0.2) is 0 Å². The molecule has 2 N–H and O–H groups in total. The summed E-state index contributed by atoms with van der Waals surface area (Å²) in [6, 6.07) is 7.07. The van der Waals surface area contributed by atoms with Gasteiger partial charge in [-0.2, -0.15) is 4.98 Å². The van der Waals surface area contributed by atoms with Crippen LogP contribution in [0.3, 0.4) is 0 Å². The van der Waals surface area contributed by atoms with Gasteiger partial charge in [-0.15, -0.1) is 0 Å². The highest BCUT2D eigenvalue weighted by Gasteiger charge is 2.05. The van der Waals surface area contributed by atoms with E-state index in [2.05, 4.69) is 9.97 Å². The Bertz CT molecular complexity index is 574. The predicted octanol–water partition coefficient (Wildman–Crippen LogP) is 2.45. The Labute approximate surface area is 117 Å². The van der Waals surface area contributed by atoms with Crippen molar-refractivity contribution in [2.24, 2.45) is 5.73 Å². The number of rotatable bonds is 4. The molecule has 0 saturated carbocycles. The van der Waals surface area contributed by atoms with Gasteiger partial charge in [0.1, 0.15) is 5.75 Å². The highest BCUT2D eigenvalue weighted by molar-refractivity contribution is 6.31. The second-order valence-corrected chi connectivity index (χ2v) is 4.56. The van der Waals surface area contributed by atoms with Crippen LogP contribution in [0.4, 0.5) is 5.95 Å². The molecular weight excluding hydrogens is 264 g/mol. The third-order valence-corrected chi connectivity index (χ3v) is 2.84. The monoisotopic (exact) mass is 278 g/mol. The summed E-state index contributed by atoms with van der Waals surface area (Å²) in [6.45, 7) is 0.400. The van der Waals surface area contributed by atoms with Gasteiger partial charge < -0.3 is 15.4 Å². The van der Waals surface area contributed by atoms with Crippen molar-refractivity contribution in [3.8, 4) is 11.6 Å². The number of hydrogen-bond acceptors (Lipinski definition) is 5. The fourth-order valence-corrected chi connectivity index (χ4v) is 1.73. The van der Waals surface area contributed by atoms with Crippen molar-refractivity contribution in [2.75, 3.05) is 19.0 Å². The molecule has 100 valence electrons. The van der Waals surface area contributed by atoms with Gasteiger partial charge in [-0.05, 0) is 17.7 Å². The van der Waals surface area contributed by atoms with E-state index in [-0.39, 0.29) is 0 Å². The van der Waals surface area contributed by atoms with E-state index in [4.69, 9.17) is 22.1 Å². The average molecular weight is 279 g/mol. The Morgan fingerprint density at radius 1 is 1.32 bits per heavy atom. The zero-order valence-corrected chi connectivity index (χ0v) is 11.6. The normalized spacial score (nSPS) is 10.3. The quantitative estimate of drug-likeness (QED) is 0.931. The first-order valence-electron chi connectivity index (χ1n) is 5.77. The lowest BCUT2D eigenvalue weighted by molar-refractivity contribution is 0.461. The first-order chi connectivity index (χ1) is 9.10. The van der Waals surface area contributed by atoms with Crippen molar-refractivity contribution in [3.05, 3.63) is 41.0 Å². The number of ether oxygens (including phenoxy) is 1. The van der Waals surface area contributed by atoms with E-state index in [1.54, 1.807) is 23.2 Å². The largest absolute Gasteiger partial charge is 0.439 e. The third-order valence-electron chi connectivity index (χ3n) is 2.48. The molecule has 0 aliphatic carbocycles. The van der Waals surface area contributed by atoms with Gasteiger partial charge in [0, 0.05) is 37.9 Å². The minimum absolute atomic E-state index is 0.400. The Kier molecular flexibility index (Phi) is 4.19. The van der Waals surface area contributed by atoms with E-state index in [0.29, 0.717) is 29.1 Å². The van der Waals surface area contributed by atoms with Crippen molar-refractivity contribution >= 4 is 17.5 Å². The summed E-state index contributed by atoms with van der Waals surface area (Å²) in [4.78, 5) is 10.2. The lowest BCUT2D eigenvalue weighted by Gasteiger charge is -2.11. The van der Waals surface area contributed by atoms with E-state index in [1.165, 1.54) is 0 Å². The predicted molar refractivity (Wildman–Crippen MR) is 75.8 cm³/mol. The Hall–Kier alpha value is -1.85. The molecule has 6 heteroatoms. The number of hydrogen-bond donors (Lipinski definition) is 1. The van der Waals surface area contributed by atoms with Crippen molar-refractivity contribution in [1.29, 1.82) is 0 Å². The van der Waals surface area contributed by atoms with Crippen LogP contribution in [-0.2, 0) is 6.54 Å². The number of nitrogens with zero attached hydrogens (tertiary/aromatic N) is 3. The van der Waals surface area contributed by atoms with Gasteiger partial charge in [-0.1, -0.05) is 17.7 Å². The Morgan fingerprint density at radius 3 is 2.74 bits per heavy atom. The maximum atomic E-state index is 6.08. The molecule has 0 aliphatic rings. The van der Waals surface area contributed by atoms with Crippen molar-refractivity contribution in [2.45, 2.75) is 6.54 Å². The van der Waals surface area contributed by atoms with E-state index in [9.17, 15) is 0 Å². The molecule has 0 fully saturated rings. The lowest BCUT2D eigenvalue weighted by Crippen LogP contribution is -2.12. The smallest absolute Gasteiger partial charge is 0.228 e. The molecule has 0 spiro atoms. The van der Waals surface area contributed by atoms with Crippen LogP contribution < -0.4 is 15.4 Å². The molecule has 19 heavy (non-hydrogen) atoms. The van der Waals surface area contributed by atoms with E-state index < -0.39 is 0 Å². The molecule has 0 amide bonds. The molecular formula is C13H15ClN4O. The maximum absolute atomic E-state index is 6.08. The van der Waals surface area contributed by atoms with Crippen LogP contribution in [0, 0.1) is 0 Å². The summed E-state index contributed by atoms with van der Waals surface area (Å²) in [5.74, 6) is 1.67. The van der Waals surface area contributed by atoms with Crippen LogP contribution in [0.5, 0.6) is 11.6 Å². The number of nitrogens with two attached hydrogens (primary N) is 1. The molecule has 0 atom stereocenters. The molecule has 1 aromatic heterocycles. The number of benzene rings is 1. The second kappa shape index (κ2) is 5.86. The molecule has 0 bridgehead atoms. The third kappa shape index (κ3) is 3.33. The summed E-state index contributed by atoms with van der Waals surface area (Å²) >= 11 is 6.08. The minimum atomic E-state index is 0.400. The molecule has 1 aromatic carbocycles. The molecule has 0 radical (unpaired) electrons. The fourth-order valence-electron chi connectivity index (χ4n) is 1.48. The fraction of sp³-hybridized carbons (Fsp3) is 0.231. The van der Waals surface area contributed by atoms with Crippen LogP contribution in [0.25, 0.3) is 0 Å². The maximum Gasteiger partial charge on any atom is 0.228 e. The highest BCUT2D eigenvalue weighted by atomic mass is 35.5. The van der Waals surface area contributed by atoms with Gasteiger partial charge in [0.2, 0.25) is 11.8 Å². The van der Waals surface area contributed by atoms with E-state index >= 15 is 0 Å². The van der Waals surface area contributed by atoms with Crippen molar-refractivity contribution in [1.82, 2.24) is 9.97 Å². The van der Waals surface area contributed by atoms with Crippen LogP contribution >= 0.6 is 11.6 Å². The zero-order valence-electron chi connectivity index (χ0n) is 10.8. The molecule has 5 nitrogen and oxygen atoms in total. The molecule has 0 aliphatic heterocycles. The van der Waals surface area contributed by atoms with Gasteiger partial charge >= 0.3 is 0 Å². The van der Waals surface area contributed by atoms with Crippen LogP contribution in [0.1, 0.15) is 5.56 Å². The summed E-state index contributed by atoms with van der Waals surface area (Å²) < 4.78 is 5.65. The molecule has 2 rings (SSSR count). The molecule has 1 heterocycles. The summed E-state index contributed by atoms with van der Waals surface area (Å²) in [5, 5.41) is 0.585. The Morgan fingerprint density at radius 2 is 2.11 bits per heavy atom. The molecule has 0 saturated heterocycles. The topological polar surface area (TPSA) is 64.3 Å². The molecule has 2 aromatic rings. The van der Waals surface area contributed by atoms with E-state index in [0.717, 1.165) is 5.56 Å². The summed E-state index contributed by atoms with van der Waals surface area (Å²) in [7, 11) is 3.73. The average Bonchev–Trinajstić information content (AvgIpc) is 2.39. The second-order valence-electron chi connectivity index (χ2n) is 4.15. The zero-order chi connectivity index (χ0) is 13.8. The Balaban J connectivity index is 2.21. The highest BCUT2D eigenvalue weighted by Crippen LogP contribution is 2.26. The SMILES string of the molecule is CN(C)c1nccc(Oc2ccc(CN)c(Cl)c2)n1. The van der Waals surface area contributed by atoms with E-state index in [1.807, 2.05) is 26.2 Å². The summed E-state index contributed by atoms with van der Waals surface area (Å²) in [5.41, 5.74) is 6.44. The first kappa shape index (κ1) is 13.6. The number of anilines is 1. The molecule has 0 unspecified atom stereocenters. The van der Waals surface area contributed by atoms with Crippen molar-refractivity contribution in [3.63, 3.8) is 0 Å². The van der Waals surface area contributed by atoms with Crippen LogP contribution in [0.15, 0.2) is 30.5 Å². The minimum Gasteiger partial charge on any atom is -0.439 e. The summed E-state index contributed by atoms with van der Waals surface area (Å²) in [6.07, 6.45) is 1.65. The van der Waals surface area contributed by atoms with Gasteiger partial charge in [-0.25, -0.2) is 4.98 Å². The number of aromatic nitrogens is 2. The van der Waals surface area contributed by atoms with Gasteiger partial charge in [0.25, 0.3) is 0 Å². The van der Waals surface area contributed by atoms with Crippen LogP contribution in [-0.4, -0.2) is 24.1 Å². The van der Waals surface area contributed by atoms with Gasteiger partial charge in [0.05, 0.1) is 0 Å². The van der Waals surface area contributed by atoms with Gasteiger partial charge in [-0.3, -0.25) is 0 Å².